The normalized spacial score (nSPS) is 16.4. The molecule has 1 aliphatic heterocycles. The molecule has 0 bridgehead atoms. The number of hydrogen-bond donors (Lipinski definition) is 1. The molecule has 2 aromatic carbocycles. The molecule has 0 aliphatic carbocycles. The maximum Gasteiger partial charge on any atom is 0.244 e. The number of piperazine rings is 1. The summed E-state index contributed by atoms with van der Waals surface area (Å²) in [5, 5.41) is 0. The van der Waals surface area contributed by atoms with Gasteiger partial charge in [0, 0.05) is 31.9 Å². The van der Waals surface area contributed by atoms with Crippen molar-refractivity contribution < 1.29 is 4.79 Å². The van der Waals surface area contributed by atoms with Crippen LogP contribution >= 0.6 is 0 Å². The summed E-state index contributed by atoms with van der Waals surface area (Å²) in [6, 6.07) is 19.3. The van der Waals surface area contributed by atoms with Crippen LogP contribution in [-0.2, 0) is 4.79 Å². The first kappa shape index (κ1) is 14.6. The van der Waals surface area contributed by atoms with E-state index >= 15 is 0 Å². The van der Waals surface area contributed by atoms with Crippen LogP contribution in [0.3, 0.4) is 0 Å². The smallest absolute Gasteiger partial charge is 0.244 e. The van der Waals surface area contributed by atoms with Gasteiger partial charge in [-0.15, -0.1) is 0 Å². The lowest BCUT2D eigenvalue weighted by atomic mass is 10.1. The number of benzene rings is 2. The fourth-order valence-corrected chi connectivity index (χ4v) is 2.82. The van der Waals surface area contributed by atoms with E-state index in [0.717, 1.165) is 18.7 Å². The van der Waals surface area contributed by atoms with E-state index in [1.54, 1.807) is 0 Å². The van der Waals surface area contributed by atoms with Crippen LogP contribution in [0.4, 0.5) is 5.69 Å². The number of anilines is 1. The maximum atomic E-state index is 12.5. The molecule has 1 aliphatic rings. The minimum atomic E-state index is -0.565. The van der Waals surface area contributed by atoms with E-state index in [1.807, 2.05) is 53.4 Å². The number of carbonyl (C=O) groups excluding carboxylic acids is 1. The zero-order valence-electron chi connectivity index (χ0n) is 12.6. The van der Waals surface area contributed by atoms with Crippen LogP contribution in [0.25, 0.3) is 0 Å². The van der Waals surface area contributed by atoms with Crippen molar-refractivity contribution >= 4 is 11.6 Å². The van der Waals surface area contributed by atoms with Crippen molar-refractivity contribution in [2.24, 2.45) is 5.73 Å². The molecule has 114 valence electrons. The molecular weight excluding hydrogens is 274 g/mol. The minimum absolute atomic E-state index is 0.0129. The summed E-state index contributed by atoms with van der Waals surface area (Å²) in [6.07, 6.45) is 0. The highest BCUT2D eigenvalue weighted by Crippen LogP contribution is 2.18. The topological polar surface area (TPSA) is 49.6 Å². The molecule has 0 saturated carbocycles. The molecule has 4 nitrogen and oxygen atoms in total. The van der Waals surface area contributed by atoms with Crippen molar-refractivity contribution in [3.63, 3.8) is 0 Å². The number of rotatable bonds is 3. The Morgan fingerprint density at radius 1 is 0.864 bits per heavy atom. The third kappa shape index (κ3) is 3.12. The third-order valence-electron chi connectivity index (χ3n) is 4.14. The summed E-state index contributed by atoms with van der Waals surface area (Å²) < 4.78 is 0. The molecular formula is C18H21N3O. The van der Waals surface area contributed by atoms with Gasteiger partial charge in [-0.1, -0.05) is 48.5 Å². The quantitative estimate of drug-likeness (QED) is 0.942. The van der Waals surface area contributed by atoms with Gasteiger partial charge in [0.15, 0.2) is 0 Å². The SMILES string of the molecule is NC(C(=O)N1CCN(c2ccccc2)CC1)c1ccccc1. The van der Waals surface area contributed by atoms with Crippen LogP contribution in [-0.4, -0.2) is 37.0 Å². The van der Waals surface area contributed by atoms with Gasteiger partial charge in [-0.2, -0.15) is 0 Å². The summed E-state index contributed by atoms with van der Waals surface area (Å²) >= 11 is 0. The first-order valence-electron chi connectivity index (χ1n) is 7.65. The molecule has 2 aromatic rings. The van der Waals surface area contributed by atoms with Crippen LogP contribution < -0.4 is 10.6 Å². The Labute approximate surface area is 131 Å². The van der Waals surface area contributed by atoms with Crippen molar-refractivity contribution in [2.75, 3.05) is 31.1 Å². The summed E-state index contributed by atoms with van der Waals surface area (Å²) in [7, 11) is 0. The lowest BCUT2D eigenvalue weighted by Crippen LogP contribution is -2.51. The molecule has 1 atom stereocenters. The number of hydrogen-bond acceptors (Lipinski definition) is 3. The third-order valence-corrected chi connectivity index (χ3v) is 4.14. The van der Waals surface area contributed by atoms with Gasteiger partial charge in [0.25, 0.3) is 0 Å². The predicted octanol–water partition coefficient (Wildman–Crippen LogP) is 2.04. The van der Waals surface area contributed by atoms with Crippen LogP contribution in [0, 0.1) is 0 Å². The zero-order chi connectivity index (χ0) is 15.4. The average Bonchev–Trinajstić information content (AvgIpc) is 2.62. The van der Waals surface area contributed by atoms with E-state index < -0.39 is 6.04 Å². The molecule has 1 heterocycles. The number of para-hydroxylation sites is 1. The second kappa shape index (κ2) is 6.62. The molecule has 0 spiro atoms. The molecule has 22 heavy (non-hydrogen) atoms. The summed E-state index contributed by atoms with van der Waals surface area (Å²) in [5.41, 5.74) is 8.19. The van der Waals surface area contributed by atoms with Crippen LogP contribution in [0.1, 0.15) is 11.6 Å². The maximum absolute atomic E-state index is 12.5. The van der Waals surface area contributed by atoms with Crippen molar-refractivity contribution in [1.29, 1.82) is 0 Å². The Bertz CT molecular complexity index is 607. The standard InChI is InChI=1S/C18H21N3O/c19-17(15-7-3-1-4-8-15)18(22)21-13-11-20(12-14-21)16-9-5-2-6-10-16/h1-10,17H,11-14,19H2. The predicted molar refractivity (Wildman–Crippen MR) is 88.6 cm³/mol. The largest absolute Gasteiger partial charge is 0.368 e. The van der Waals surface area contributed by atoms with E-state index in [1.165, 1.54) is 5.69 Å². The molecule has 4 heteroatoms. The number of nitrogens with two attached hydrogens (primary N) is 1. The monoisotopic (exact) mass is 295 g/mol. The first-order chi connectivity index (χ1) is 10.8. The van der Waals surface area contributed by atoms with E-state index in [4.69, 9.17) is 5.73 Å². The second-order valence-electron chi connectivity index (χ2n) is 5.54. The molecule has 1 unspecified atom stereocenters. The van der Waals surface area contributed by atoms with Gasteiger partial charge < -0.3 is 15.5 Å². The lowest BCUT2D eigenvalue weighted by Gasteiger charge is -2.37. The van der Waals surface area contributed by atoms with Crippen molar-refractivity contribution in [3.05, 3.63) is 66.2 Å². The summed E-state index contributed by atoms with van der Waals surface area (Å²) in [5.74, 6) is 0.0129. The van der Waals surface area contributed by atoms with Gasteiger partial charge in [0.2, 0.25) is 5.91 Å². The first-order valence-corrected chi connectivity index (χ1v) is 7.65. The van der Waals surface area contributed by atoms with Gasteiger partial charge in [0.1, 0.15) is 6.04 Å². The Kier molecular flexibility index (Phi) is 4.39. The Hall–Kier alpha value is -2.33. The molecule has 1 fully saturated rings. The lowest BCUT2D eigenvalue weighted by molar-refractivity contribution is -0.133. The fraction of sp³-hybridized carbons (Fsp3) is 0.278. The molecule has 1 saturated heterocycles. The van der Waals surface area contributed by atoms with Crippen LogP contribution in [0.15, 0.2) is 60.7 Å². The highest BCUT2D eigenvalue weighted by molar-refractivity contribution is 5.83. The minimum Gasteiger partial charge on any atom is -0.368 e. The molecule has 0 aromatic heterocycles. The average molecular weight is 295 g/mol. The van der Waals surface area contributed by atoms with Gasteiger partial charge >= 0.3 is 0 Å². The van der Waals surface area contributed by atoms with Gasteiger partial charge in [-0.25, -0.2) is 0 Å². The van der Waals surface area contributed by atoms with Crippen molar-refractivity contribution in [3.8, 4) is 0 Å². The van der Waals surface area contributed by atoms with Crippen LogP contribution in [0.5, 0.6) is 0 Å². The van der Waals surface area contributed by atoms with Crippen molar-refractivity contribution in [2.45, 2.75) is 6.04 Å². The number of nitrogens with zero attached hydrogens (tertiary/aromatic N) is 2. The van der Waals surface area contributed by atoms with E-state index in [9.17, 15) is 4.79 Å². The summed E-state index contributed by atoms with van der Waals surface area (Å²) in [4.78, 5) is 16.7. The summed E-state index contributed by atoms with van der Waals surface area (Å²) in [6.45, 7) is 3.12. The highest BCUT2D eigenvalue weighted by atomic mass is 16.2. The van der Waals surface area contributed by atoms with Gasteiger partial charge in [0.05, 0.1) is 0 Å². The van der Waals surface area contributed by atoms with E-state index in [0.29, 0.717) is 13.1 Å². The molecule has 0 radical (unpaired) electrons. The molecule has 1 amide bonds. The van der Waals surface area contributed by atoms with Crippen LogP contribution in [0.2, 0.25) is 0 Å². The van der Waals surface area contributed by atoms with Gasteiger partial charge in [-0.05, 0) is 17.7 Å². The van der Waals surface area contributed by atoms with E-state index in [2.05, 4.69) is 17.0 Å². The number of carbonyl (C=O) groups is 1. The Morgan fingerprint density at radius 3 is 2.00 bits per heavy atom. The molecule has 2 N–H and O–H groups in total. The van der Waals surface area contributed by atoms with E-state index in [-0.39, 0.29) is 5.91 Å². The highest BCUT2D eigenvalue weighted by Gasteiger charge is 2.26. The second-order valence-corrected chi connectivity index (χ2v) is 5.54. The Balaban J connectivity index is 1.60. The zero-order valence-corrected chi connectivity index (χ0v) is 12.6. The van der Waals surface area contributed by atoms with Gasteiger partial charge in [-0.3, -0.25) is 4.79 Å². The number of amides is 1. The molecule has 3 rings (SSSR count). The van der Waals surface area contributed by atoms with Crippen molar-refractivity contribution in [1.82, 2.24) is 4.90 Å². The Morgan fingerprint density at radius 2 is 1.41 bits per heavy atom. The fourth-order valence-electron chi connectivity index (χ4n) is 2.82.